The van der Waals surface area contributed by atoms with Crippen LogP contribution in [0.2, 0.25) is 0 Å². The summed E-state index contributed by atoms with van der Waals surface area (Å²) in [4.78, 5) is 0. The number of rotatable bonds is 8. The van der Waals surface area contributed by atoms with E-state index >= 15 is 0 Å². The molecule has 7 heteroatoms. The summed E-state index contributed by atoms with van der Waals surface area (Å²) in [6, 6.07) is 12.0. The highest BCUT2D eigenvalue weighted by atomic mass is 19.2. The van der Waals surface area contributed by atoms with E-state index in [2.05, 4.69) is 6.58 Å². The highest BCUT2D eigenvalue weighted by Gasteiger charge is 2.26. The Kier molecular flexibility index (Phi) is 7.88. The van der Waals surface area contributed by atoms with Gasteiger partial charge in [0.2, 0.25) is 5.82 Å². The maximum atomic E-state index is 14.9. The monoisotopic (exact) mass is 486 g/mol. The van der Waals surface area contributed by atoms with Crippen LogP contribution in [0, 0.1) is 23.3 Å². The summed E-state index contributed by atoms with van der Waals surface area (Å²) in [6.45, 7) is 6.08. The van der Waals surface area contributed by atoms with E-state index in [1.807, 2.05) is 0 Å². The second kappa shape index (κ2) is 11.1. The highest BCUT2D eigenvalue weighted by molar-refractivity contribution is 5.71. The zero-order valence-electron chi connectivity index (χ0n) is 19.3. The number of hydrogen-bond donors (Lipinski definition) is 0. The van der Waals surface area contributed by atoms with Crippen molar-refractivity contribution in [1.82, 2.24) is 0 Å². The molecule has 184 valence electrons. The van der Waals surface area contributed by atoms with Crippen molar-refractivity contribution in [2.24, 2.45) is 0 Å². The van der Waals surface area contributed by atoms with Gasteiger partial charge in [-0.25, -0.2) is 13.2 Å². The first kappa shape index (κ1) is 24.9. The number of allylic oxidation sites excluding steroid dienone is 1. The maximum absolute atomic E-state index is 14.9. The first-order chi connectivity index (χ1) is 16.9. The molecular weight excluding hydrogens is 460 g/mol. The average molecular weight is 487 g/mol. The van der Waals surface area contributed by atoms with E-state index in [-0.39, 0.29) is 48.6 Å². The third-order valence-electron chi connectivity index (χ3n) is 5.98. The molecule has 0 aliphatic carbocycles. The first-order valence-electron chi connectivity index (χ1n) is 11.4. The van der Waals surface area contributed by atoms with E-state index in [1.54, 1.807) is 25.1 Å². The van der Waals surface area contributed by atoms with Gasteiger partial charge in [-0.1, -0.05) is 42.5 Å². The van der Waals surface area contributed by atoms with Crippen molar-refractivity contribution in [3.05, 3.63) is 90.0 Å². The minimum Gasteiger partial charge on any atom is -0.490 e. The van der Waals surface area contributed by atoms with Gasteiger partial charge in [0.05, 0.1) is 19.8 Å². The lowest BCUT2D eigenvalue weighted by Crippen LogP contribution is -2.29. The molecule has 1 heterocycles. The van der Waals surface area contributed by atoms with Crippen LogP contribution in [0.5, 0.6) is 5.75 Å². The molecule has 35 heavy (non-hydrogen) atoms. The highest BCUT2D eigenvalue weighted by Crippen LogP contribution is 2.34. The summed E-state index contributed by atoms with van der Waals surface area (Å²) in [5, 5.41) is 0. The Morgan fingerprint density at radius 3 is 2.00 bits per heavy atom. The van der Waals surface area contributed by atoms with Gasteiger partial charge in [-0.3, -0.25) is 0 Å². The molecule has 0 spiro atoms. The summed E-state index contributed by atoms with van der Waals surface area (Å²) in [5.74, 6) is -4.60. The van der Waals surface area contributed by atoms with E-state index in [9.17, 15) is 17.6 Å². The Bertz CT molecular complexity index is 1190. The molecule has 1 aliphatic heterocycles. The number of unbranched alkanes of at least 4 members (excludes halogenated alkanes) is 1. The average Bonchev–Trinajstić information content (AvgIpc) is 2.87. The van der Waals surface area contributed by atoms with Crippen LogP contribution in [0.15, 0.2) is 61.2 Å². The molecule has 0 amide bonds. The van der Waals surface area contributed by atoms with Crippen LogP contribution in [0.4, 0.5) is 17.6 Å². The molecule has 3 aromatic rings. The number of hydrogen-bond acceptors (Lipinski definition) is 3. The zero-order chi connectivity index (χ0) is 24.9. The third kappa shape index (κ3) is 5.41. The molecule has 1 saturated heterocycles. The van der Waals surface area contributed by atoms with Crippen LogP contribution < -0.4 is 4.74 Å². The van der Waals surface area contributed by atoms with Crippen molar-refractivity contribution in [2.75, 3.05) is 19.8 Å². The van der Waals surface area contributed by atoms with E-state index in [0.717, 1.165) is 0 Å². The van der Waals surface area contributed by atoms with Gasteiger partial charge in [0.1, 0.15) is 0 Å². The van der Waals surface area contributed by atoms with Crippen molar-refractivity contribution in [1.29, 1.82) is 0 Å². The summed E-state index contributed by atoms with van der Waals surface area (Å²) >= 11 is 0. The standard InChI is InChI=1S/C28H26F4O3/c1-3-4-5-14-33-24-13-12-22(27(31)28(24)32)19-8-6-18(7-9-19)21-10-11-23(26(30)25(21)29)20-15-34-17(2)35-16-20/h3,6-13,17,20H,1,4-5,14-16H2,2H3. The molecule has 3 nitrogen and oxygen atoms in total. The van der Waals surface area contributed by atoms with Crippen LogP contribution in [-0.4, -0.2) is 26.1 Å². The van der Waals surface area contributed by atoms with Gasteiger partial charge in [-0.05, 0) is 48.6 Å². The summed E-state index contributed by atoms with van der Waals surface area (Å²) < 4.78 is 75.0. The van der Waals surface area contributed by atoms with Gasteiger partial charge in [0.15, 0.2) is 29.5 Å². The van der Waals surface area contributed by atoms with E-state index in [4.69, 9.17) is 14.2 Å². The van der Waals surface area contributed by atoms with Gasteiger partial charge in [0.25, 0.3) is 0 Å². The molecule has 4 rings (SSSR count). The summed E-state index contributed by atoms with van der Waals surface area (Å²) in [7, 11) is 0. The van der Waals surface area contributed by atoms with Gasteiger partial charge in [0, 0.05) is 17.0 Å². The SMILES string of the molecule is C=CCCCOc1ccc(-c2ccc(-c3ccc(C4COC(C)OC4)c(F)c3F)cc2)c(F)c1F. The summed E-state index contributed by atoms with van der Waals surface area (Å²) in [6.07, 6.45) is 2.71. The zero-order valence-corrected chi connectivity index (χ0v) is 19.3. The molecule has 1 fully saturated rings. The van der Waals surface area contributed by atoms with E-state index < -0.39 is 29.2 Å². The fraction of sp³-hybridized carbons (Fsp3) is 0.286. The van der Waals surface area contributed by atoms with Gasteiger partial charge < -0.3 is 14.2 Å². The molecule has 0 saturated carbocycles. The number of benzene rings is 3. The molecule has 0 bridgehead atoms. The number of ether oxygens (including phenoxy) is 3. The van der Waals surface area contributed by atoms with Crippen molar-refractivity contribution < 1.29 is 31.8 Å². The molecule has 1 aliphatic rings. The molecule has 0 atom stereocenters. The number of halogens is 4. The topological polar surface area (TPSA) is 27.7 Å². The minimum atomic E-state index is -1.07. The Balaban J connectivity index is 1.54. The van der Waals surface area contributed by atoms with Crippen molar-refractivity contribution >= 4 is 0 Å². The van der Waals surface area contributed by atoms with Crippen LogP contribution in [0.25, 0.3) is 22.3 Å². The van der Waals surface area contributed by atoms with Crippen LogP contribution in [-0.2, 0) is 9.47 Å². The Morgan fingerprint density at radius 2 is 1.40 bits per heavy atom. The molecule has 3 aromatic carbocycles. The molecule has 0 radical (unpaired) electrons. The molecule has 0 unspecified atom stereocenters. The largest absolute Gasteiger partial charge is 0.490 e. The fourth-order valence-corrected chi connectivity index (χ4v) is 3.99. The van der Waals surface area contributed by atoms with Crippen molar-refractivity contribution in [2.45, 2.75) is 32.0 Å². The third-order valence-corrected chi connectivity index (χ3v) is 5.98. The molecule has 0 aromatic heterocycles. The van der Waals surface area contributed by atoms with Gasteiger partial charge in [-0.15, -0.1) is 6.58 Å². The van der Waals surface area contributed by atoms with E-state index in [0.29, 0.717) is 24.0 Å². The predicted octanol–water partition coefficient (Wildman–Crippen LogP) is 7.40. The second-order valence-corrected chi connectivity index (χ2v) is 8.36. The van der Waals surface area contributed by atoms with Crippen molar-refractivity contribution in [3.63, 3.8) is 0 Å². The summed E-state index contributed by atoms with van der Waals surface area (Å²) in [5.41, 5.74) is 1.11. The Labute approximate surface area is 202 Å². The van der Waals surface area contributed by atoms with Crippen LogP contribution in [0.1, 0.15) is 31.2 Å². The van der Waals surface area contributed by atoms with Crippen LogP contribution in [0.3, 0.4) is 0 Å². The minimum absolute atomic E-state index is 0.0426. The van der Waals surface area contributed by atoms with Gasteiger partial charge in [-0.2, -0.15) is 4.39 Å². The Morgan fingerprint density at radius 1 is 0.829 bits per heavy atom. The van der Waals surface area contributed by atoms with Crippen LogP contribution >= 0.6 is 0 Å². The molecular formula is C28H26F4O3. The smallest absolute Gasteiger partial charge is 0.201 e. The normalized spacial score (nSPS) is 17.9. The van der Waals surface area contributed by atoms with Crippen molar-refractivity contribution in [3.8, 4) is 28.0 Å². The Hall–Kier alpha value is -3.16. The van der Waals surface area contributed by atoms with Gasteiger partial charge >= 0.3 is 0 Å². The lowest BCUT2D eigenvalue weighted by Gasteiger charge is -2.28. The maximum Gasteiger partial charge on any atom is 0.201 e. The second-order valence-electron chi connectivity index (χ2n) is 8.36. The van der Waals surface area contributed by atoms with E-state index in [1.165, 1.54) is 36.4 Å². The first-order valence-corrected chi connectivity index (χ1v) is 11.4. The molecule has 0 N–H and O–H groups in total. The fourth-order valence-electron chi connectivity index (χ4n) is 3.99. The lowest BCUT2D eigenvalue weighted by atomic mass is 9.94. The lowest BCUT2D eigenvalue weighted by molar-refractivity contribution is -0.176. The predicted molar refractivity (Wildman–Crippen MR) is 126 cm³/mol. The quantitative estimate of drug-likeness (QED) is 0.189.